The summed E-state index contributed by atoms with van der Waals surface area (Å²) >= 11 is 3.51. The molecule has 17 heavy (non-hydrogen) atoms. The van der Waals surface area contributed by atoms with Crippen molar-refractivity contribution in [3.8, 4) is 0 Å². The molecule has 4 heteroatoms. The van der Waals surface area contributed by atoms with E-state index in [1.165, 1.54) is 16.7 Å². The molecule has 3 nitrogen and oxygen atoms in total. The molecular formula is C13H16BrN3. The normalized spacial score (nSPS) is 10.8. The van der Waals surface area contributed by atoms with Crippen molar-refractivity contribution in [2.24, 2.45) is 0 Å². The van der Waals surface area contributed by atoms with Gasteiger partial charge in [-0.3, -0.25) is 5.10 Å². The van der Waals surface area contributed by atoms with E-state index in [0.717, 1.165) is 23.3 Å². The number of nitrogens with zero attached hydrogens (tertiary/aromatic N) is 1. The Morgan fingerprint density at radius 1 is 1.29 bits per heavy atom. The highest BCUT2D eigenvalue weighted by atomic mass is 79.9. The van der Waals surface area contributed by atoms with Crippen molar-refractivity contribution in [2.45, 2.75) is 26.9 Å². The number of hydrogen-bond acceptors (Lipinski definition) is 2. The van der Waals surface area contributed by atoms with E-state index in [2.05, 4.69) is 56.6 Å². The van der Waals surface area contributed by atoms with Crippen molar-refractivity contribution in [1.82, 2.24) is 15.5 Å². The van der Waals surface area contributed by atoms with Crippen molar-refractivity contribution in [2.75, 3.05) is 0 Å². The van der Waals surface area contributed by atoms with Crippen LogP contribution in [0.15, 0.2) is 28.9 Å². The van der Waals surface area contributed by atoms with E-state index < -0.39 is 0 Å². The van der Waals surface area contributed by atoms with Gasteiger partial charge in [-0.1, -0.05) is 28.1 Å². The van der Waals surface area contributed by atoms with Crippen molar-refractivity contribution in [3.63, 3.8) is 0 Å². The third-order valence-electron chi connectivity index (χ3n) is 2.80. The number of aromatic amines is 1. The van der Waals surface area contributed by atoms with Gasteiger partial charge in [0.2, 0.25) is 0 Å². The van der Waals surface area contributed by atoms with Gasteiger partial charge in [0.25, 0.3) is 0 Å². The van der Waals surface area contributed by atoms with Crippen LogP contribution in [0.5, 0.6) is 0 Å². The summed E-state index contributed by atoms with van der Waals surface area (Å²) in [4.78, 5) is 0. The van der Waals surface area contributed by atoms with Crippen molar-refractivity contribution < 1.29 is 0 Å². The first-order valence-corrected chi connectivity index (χ1v) is 6.40. The minimum Gasteiger partial charge on any atom is -0.308 e. The molecule has 0 aliphatic rings. The third kappa shape index (κ3) is 3.17. The maximum atomic E-state index is 4.00. The molecular weight excluding hydrogens is 278 g/mol. The quantitative estimate of drug-likeness (QED) is 0.910. The highest BCUT2D eigenvalue weighted by molar-refractivity contribution is 9.10. The number of hydrogen-bond donors (Lipinski definition) is 2. The topological polar surface area (TPSA) is 40.7 Å². The molecule has 0 radical (unpaired) electrons. The molecule has 2 N–H and O–H groups in total. The minimum atomic E-state index is 0.845. The van der Waals surface area contributed by atoms with Gasteiger partial charge in [-0.2, -0.15) is 5.10 Å². The zero-order valence-electron chi connectivity index (χ0n) is 10.0. The highest BCUT2D eigenvalue weighted by Crippen LogP contribution is 2.17. The first-order chi connectivity index (χ1) is 8.16. The monoisotopic (exact) mass is 293 g/mol. The molecule has 2 aromatic rings. The summed E-state index contributed by atoms with van der Waals surface area (Å²) < 4.78 is 1.16. The molecule has 90 valence electrons. The number of nitrogens with one attached hydrogen (secondary N) is 2. The Bertz CT molecular complexity index is 505. The fourth-order valence-electron chi connectivity index (χ4n) is 1.71. The number of halogens is 1. The summed E-state index contributed by atoms with van der Waals surface area (Å²) in [6, 6.07) is 6.42. The highest BCUT2D eigenvalue weighted by Gasteiger charge is 2.00. The smallest absolute Gasteiger partial charge is 0.0535 e. The fourth-order valence-corrected chi connectivity index (χ4v) is 1.96. The Kier molecular flexibility index (Phi) is 3.97. The molecule has 0 amide bonds. The van der Waals surface area contributed by atoms with Crippen LogP contribution in [0.4, 0.5) is 0 Å². The van der Waals surface area contributed by atoms with E-state index in [4.69, 9.17) is 0 Å². The molecule has 0 atom stereocenters. The van der Waals surface area contributed by atoms with E-state index in [0.29, 0.717) is 0 Å². The van der Waals surface area contributed by atoms with E-state index >= 15 is 0 Å². The molecule has 1 aromatic heterocycles. The summed E-state index contributed by atoms with van der Waals surface area (Å²) in [7, 11) is 0. The van der Waals surface area contributed by atoms with Crippen molar-refractivity contribution in [3.05, 3.63) is 51.3 Å². The van der Waals surface area contributed by atoms with Crippen LogP contribution in [-0.4, -0.2) is 10.2 Å². The largest absolute Gasteiger partial charge is 0.308 e. The second kappa shape index (κ2) is 5.47. The minimum absolute atomic E-state index is 0.845. The maximum Gasteiger partial charge on any atom is 0.0535 e. The van der Waals surface area contributed by atoms with Crippen LogP contribution < -0.4 is 5.32 Å². The molecule has 0 saturated heterocycles. The Morgan fingerprint density at radius 2 is 2.12 bits per heavy atom. The van der Waals surface area contributed by atoms with Gasteiger partial charge in [-0.05, 0) is 31.0 Å². The zero-order chi connectivity index (χ0) is 12.3. The van der Waals surface area contributed by atoms with Crippen LogP contribution in [0.1, 0.15) is 22.4 Å². The van der Waals surface area contributed by atoms with Crippen molar-refractivity contribution in [1.29, 1.82) is 0 Å². The van der Waals surface area contributed by atoms with E-state index in [9.17, 15) is 0 Å². The van der Waals surface area contributed by atoms with Gasteiger partial charge < -0.3 is 5.32 Å². The second-order valence-corrected chi connectivity index (χ2v) is 5.06. The predicted molar refractivity (Wildman–Crippen MR) is 72.7 cm³/mol. The molecule has 2 rings (SSSR count). The Hall–Kier alpha value is -1.13. The molecule has 0 fully saturated rings. The van der Waals surface area contributed by atoms with Gasteiger partial charge in [0.15, 0.2) is 0 Å². The van der Waals surface area contributed by atoms with Crippen LogP contribution in [0.2, 0.25) is 0 Å². The van der Waals surface area contributed by atoms with Gasteiger partial charge >= 0.3 is 0 Å². The van der Waals surface area contributed by atoms with Gasteiger partial charge in [-0.15, -0.1) is 0 Å². The zero-order valence-corrected chi connectivity index (χ0v) is 11.6. The molecule has 0 spiro atoms. The van der Waals surface area contributed by atoms with Gasteiger partial charge in [0.05, 0.1) is 6.20 Å². The summed E-state index contributed by atoms with van der Waals surface area (Å²) in [6.07, 6.45) is 1.87. The lowest BCUT2D eigenvalue weighted by atomic mass is 10.1. The van der Waals surface area contributed by atoms with Gasteiger partial charge in [0, 0.05) is 28.8 Å². The predicted octanol–water partition coefficient (Wildman–Crippen LogP) is 3.08. The van der Waals surface area contributed by atoms with Gasteiger partial charge in [0.1, 0.15) is 0 Å². The first kappa shape index (κ1) is 12.3. The lowest BCUT2D eigenvalue weighted by molar-refractivity contribution is 0.690. The van der Waals surface area contributed by atoms with Crippen LogP contribution in [-0.2, 0) is 13.1 Å². The summed E-state index contributed by atoms with van der Waals surface area (Å²) in [5, 5.41) is 10.4. The fraction of sp³-hybridized carbons (Fsp3) is 0.308. The second-order valence-electron chi connectivity index (χ2n) is 4.21. The Balaban J connectivity index is 1.90. The van der Waals surface area contributed by atoms with Crippen molar-refractivity contribution >= 4 is 15.9 Å². The molecule has 0 unspecified atom stereocenters. The van der Waals surface area contributed by atoms with Crippen LogP contribution >= 0.6 is 15.9 Å². The summed E-state index contributed by atoms with van der Waals surface area (Å²) in [5.41, 5.74) is 4.92. The molecule has 1 aromatic carbocycles. The molecule has 1 heterocycles. The molecule has 0 aliphatic carbocycles. The lowest BCUT2D eigenvalue weighted by Crippen LogP contribution is -2.13. The standard InChI is InChI=1S/C13H16BrN3/c1-9-5-11(3-4-13(9)14)6-15-7-12-8-16-17-10(12)2/h3-5,8,15H,6-7H2,1-2H3,(H,16,17). The Labute approximate surface area is 110 Å². The Morgan fingerprint density at radius 3 is 2.76 bits per heavy atom. The van der Waals surface area contributed by atoms with E-state index in [1.54, 1.807) is 0 Å². The van der Waals surface area contributed by atoms with E-state index in [1.807, 2.05) is 13.1 Å². The molecule has 0 aliphatic heterocycles. The van der Waals surface area contributed by atoms with Gasteiger partial charge in [-0.25, -0.2) is 0 Å². The van der Waals surface area contributed by atoms with Crippen LogP contribution in [0.3, 0.4) is 0 Å². The average molecular weight is 294 g/mol. The SMILES string of the molecule is Cc1cc(CNCc2cn[nH]c2C)ccc1Br. The third-order valence-corrected chi connectivity index (χ3v) is 3.69. The number of aromatic nitrogens is 2. The summed E-state index contributed by atoms with van der Waals surface area (Å²) in [6.45, 7) is 5.86. The number of H-pyrrole nitrogens is 1. The van der Waals surface area contributed by atoms with E-state index in [-0.39, 0.29) is 0 Å². The average Bonchev–Trinajstić information content (AvgIpc) is 2.70. The molecule has 0 bridgehead atoms. The maximum absolute atomic E-state index is 4.00. The van der Waals surface area contributed by atoms with Crippen LogP contribution in [0.25, 0.3) is 0 Å². The summed E-state index contributed by atoms with van der Waals surface area (Å²) in [5.74, 6) is 0. The first-order valence-electron chi connectivity index (χ1n) is 5.61. The lowest BCUT2D eigenvalue weighted by Gasteiger charge is -2.06. The molecule has 0 saturated carbocycles. The van der Waals surface area contributed by atoms with Crippen LogP contribution in [0, 0.1) is 13.8 Å². The number of aryl methyl sites for hydroxylation is 2. The number of rotatable bonds is 4. The number of benzene rings is 1.